The highest BCUT2D eigenvalue weighted by Gasteiger charge is 2.31. The lowest BCUT2D eigenvalue weighted by molar-refractivity contribution is 0.0663. The van der Waals surface area contributed by atoms with E-state index in [0.29, 0.717) is 18.6 Å². The summed E-state index contributed by atoms with van der Waals surface area (Å²) in [5, 5.41) is 1.32. The molecular weight excluding hydrogens is 508 g/mol. The number of rotatable bonds is 6. The van der Waals surface area contributed by atoms with Gasteiger partial charge in [0, 0.05) is 54.4 Å². The Labute approximate surface area is 243 Å². The Kier molecular flexibility index (Phi) is 8.19. The molecule has 3 heterocycles. The molecule has 0 atom stereocenters. The summed E-state index contributed by atoms with van der Waals surface area (Å²) in [6, 6.07) is 28.1. The maximum absolute atomic E-state index is 12.1. The molecule has 2 fully saturated rings. The van der Waals surface area contributed by atoms with Crippen molar-refractivity contribution in [2.75, 3.05) is 32.8 Å². The molecule has 41 heavy (non-hydrogen) atoms. The van der Waals surface area contributed by atoms with Crippen LogP contribution in [-0.4, -0.2) is 65.0 Å². The lowest BCUT2D eigenvalue weighted by Gasteiger charge is -2.41. The second kappa shape index (κ2) is 12.3. The molecule has 6 heteroatoms. The van der Waals surface area contributed by atoms with Gasteiger partial charge in [-0.25, -0.2) is 9.79 Å². The second-order valence-corrected chi connectivity index (χ2v) is 11.3. The van der Waals surface area contributed by atoms with Crippen molar-refractivity contribution in [3.8, 4) is 0 Å². The molecule has 0 saturated carbocycles. The van der Waals surface area contributed by atoms with Crippen molar-refractivity contribution in [3.63, 3.8) is 0 Å². The summed E-state index contributed by atoms with van der Waals surface area (Å²) in [4.78, 5) is 21.8. The SMILES string of the molecule is CCOC(=O)N1CCC(N2CCC(c3cn(C)c4ccc(N=C(c5ccccc5)c5ccccc5)cc34)CC2)CC1. The minimum atomic E-state index is -0.163. The molecule has 0 N–H and O–H groups in total. The molecule has 3 aromatic carbocycles. The molecule has 1 amide bonds. The van der Waals surface area contributed by atoms with Gasteiger partial charge in [-0.2, -0.15) is 0 Å². The van der Waals surface area contributed by atoms with Gasteiger partial charge in [0.2, 0.25) is 0 Å². The van der Waals surface area contributed by atoms with E-state index in [1.807, 2.05) is 24.0 Å². The smallest absolute Gasteiger partial charge is 0.409 e. The molecule has 2 saturated heterocycles. The minimum Gasteiger partial charge on any atom is -0.450 e. The summed E-state index contributed by atoms with van der Waals surface area (Å²) in [5.74, 6) is 0.538. The van der Waals surface area contributed by atoms with Gasteiger partial charge in [-0.15, -0.1) is 0 Å². The van der Waals surface area contributed by atoms with Crippen molar-refractivity contribution in [2.45, 2.75) is 44.6 Å². The number of piperidine rings is 2. The van der Waals surface area contributed by atoms with Gasteiger partial charge in [-0.1, -0.05) is 60.7 Å². The fourth-order valence-electron chi connectivity index (χ4n) is 6.63. The number of aliphatic imine (C=N–C) groups is 1. The number of ether oxygens (including phenoxy) is 1. The zero-order chi connectivity index (χ0) is 28.2. The minimum absolute atomic E-state index is 0.163. The standard InChI is InChI=1S/C35H40N4O2/c1-3-41-35(40)39-22-18-30(19-23-39)38-20-16-26(17-21-38)32-25-37(2)33-15-14-29(24-31(32)33)36-34(27-10-6-4-7-11-27)28-12-8-5-9-13-28/h4-15,24-26,30H,3,16-23H2,1-2H3. The Hall–Kier alpha value is -3.90. The van der Waals surface area contributed by atoms with Crippen molar-refractivity contribution in [1.29, 1.82) is 0 Å². The van der Waals surface area contributed by atoms with Crippen LogP contribution in [-0.2, 0) is 11.8 Å². The predicted octanol–water partition coefficient (Wildman–Crippen LogP) is 7.15. The number of hydrogen-bond donors (Lipinski definition) is 0. The molecule has 2 aliphatic heterocycles. The number of fused-ring (bicyclic) bond motifs is 1. The predicted molar refractivity (Wildman–Crippen MR) is 166 cm³/mol. The molecule has 0 aliphatic carbocycles. The topological polar surface area (TPSA) is 50.1 Å². The van der Waals surface area contributed by atoms with E-state index in [2.05, 4.69) is 89.4 Å². The fourth-order valence-corrected chi connectivity index (χ4v) is 6.63. The number of aromatic nitrogens is 1. The normalized spacial score (nSPS) is 17.1. The van der Waals surface area contributed by atoms with Crippen LogP contribution in [0.3, 0.4) is 0 Å². The molecule has 212 valence electrons. The van der Waals surface area contributed by atoms with Crippen molar-refractivity contribution in [1.82, 2.24) is 14.4 Å². The highest BCUT2D eigenvalue weighted by atomic mass is 16.6. The molecule has 4 aromatic rings. The van der Waals surface area contributed by atoms with Crippen LogP contribution in [0.1, 0.15) is 55.2 Å². The Balaban J connectivity index is 1.20. The Morgan fingerprint density at radius 1 is 0.854 bits per heavy atom. The lowest BCUT2D eigenvalue weighted by atomic mass is 9.87. The fraction of sp³-hybridized carbons (Fsp3) is 0.371. The van der Waals surface area contributed by atoms with E-state index in [1.54, 1.807) is 0 Å². The van der Waals surface area contributed by atoms with Crippen molar-refractivity contribution in [2.24, 2.45) is 12.0 Å². The number of hydrogen-bond acceptors (Lipinski definition) is 4. The van der Waals surface area contributed by atoms with Crippen molar-refractivity contribution in [3.05, 3.63) is 102 Å². The average Bonchev–Trinajstić information content (AvgIpc) is 3.36. The van der Waals surface area contributed by atoms with Crippen LogP contribution in [0.25, 0.3) is 10.9 Å². The summed E-state index contributed by atoms with van der Waals surface area (Å²) < 4.78 is 7.47. The monoisotopic (exact) mass is 548 g/mol. The van der Waals surface area contributed by atoms with Crippen LogP contribution >= 0.6 is 0 Å². The van der Waals surface area contributed by atoms with Crippen molar-refractivity contribution < 1.29 is 9.53 Å². The molecule has 0 radical (unpaired) electrons. The third-order valence-electron chi connectivity index (χ3n) is 8.82. The van der Waals surface area contributed by atoms with Gasteiger partial charge < -0.3 is 19.1 Å². The Morgan fingerprint density at radius 2 is 1.49 bits per heavy atom. The first kappa shape index (κ1) is 27.3. The number of carbonyl (C=O) groups excluding carboxylic acids is 1. The number of benzene rings is 3. The molecule has 0 unspecified atom stereocenters. The van der Waals surface area contributed by atoms with E-state index in [9.17, 15) is 4.79 Å². The maximum atomic E-state index is 12.1. The van der Waals surface area contributed by atoms with Crippen molar-refractivity contribution >= 4 is 28.4 Å². The van der Waals surface area contributed by atoms with Gasteiger partial charge >= 0.3 is 6.09 Å². The maximum Gasteiger partial charge on any atom is 0.409 e. The third kappa shape index (κ3) is 5.94. The van der Waals surface area contributed by atoms with Gasteiger partial charge in [-0.3, -0.25) is 0 Å². The second-order valence-electron chi connectivity index (χ2n) is 11.3. The number of carbonyl (C=O) groups is 1. The van der Waals surface area contributed by atoms with E-state index in [0.717, 1.165) is 74.4 Å². The van der Waals surface area contributed by atoms with E-state index in [1.165, 1.54) is 16.5 Å². The summed E-state index contributed by atoms with van der Waals surface area (Å²) in [5.41, 5.74) is 6.91. The first-order valence-corrected chi connectivity index (χ1v) is 15.0. The highest BCUT2D eigenvalue weighted by molar-refractivity contribution is 6.14. The summed E-state index contributed by atoms with van der Waals surface area (Å²) in [7, 11) is 2.15. The largest absolute Gasteiger partial charge is 0.450 e. The lowest BCUT2D eigenvalue weighted by Crippen LogP contribution is -2.48. The number of likely N-dealkylation sites (tertiary alicyclic amines) is 2. The summed E-state index contributed by atoms with van der Waals surface area (Å²) in [6.45, 7) is 6.11. The molecule has 0 bridgehead atoms. The zero-order valence-electron chi connectivity index (χ0n) is 24.2. The first-order valence-electron chi connectivity index (χ1n) is 15.0. The summed E-state index contributed by atoms with van der Waals surface area (Å²) in [6.07, 6.45) is 6.55. The van der Waals surface area contributed by atoms with E-state index in [-0.39, 0.29) is 6.09 Å². The van der Waals surface area contributed by atoms with Gasteiger partial charge in [-0.05, 0) is 75.4 Å². The van der Waals surface area contributed by atoms with E-state index < -0.39 is 0 Å². The van der Waals surface area contributed by atoms with Crippen LogP contribution < -0.4 is 0 Å². The van der Waals surface area contributed by atoms with Gasteiger partial charge in [0.25, 0.3) is 0 Å². The van der Waals surface area contributed by atoms with E-state index >= 15 is 0 Å². The van der Waals surface area contributed by atoms with Gasteiger partial charge in [0.05, 0.1) is 18.0 Å². The van der Waals surface area contributed by atoms with E-state index in [4.69, 9.17) is 9.73 Å². The van der Waals surface area contributed by atoms with Crippen LogP contribution in [0, 0.1) is 0 Å². The highest BCUT2D eigenvalue weighted by Crippen LogP contribution is 2.37. The van der Waals surface area contributed by atoms with Gasteiger partial charge in [0.1, 0.15) is 0 Å². The average molecular weight is 549 g/mol. The Morgan fingerprint density at radius 3 is 2.10 bits per heavy atom. The van der Waals surface area contributed by atoms with Gasteiger partial charge in [0.15, 0.2) is 0 Å². The van der Waals surface area contributed by atoms with Crippen LogP contribution in [0.4, 0.5) is 10.5 Å². The zero-order valence-corrected chi connectivity index (χ0v) is 24.2. The molecule has 1 aromatic heterocycles. The quantitative estimate of drug-likeness (QED) is 0.241. The number of aryl methyl sites for hydroxylation is 1. The summed E-state index contributed by atoms with van der Waals surface area (Å²) >= 11 is 0. The first-order chi connectivity index (χ1) is 20.1. The molecule has 6 nitrogen and oxygen atoms in total. The van der Waals surface area contributed by atoms with Crippen LogP contribution in [0.2, 0.25) is 0 Å². The number of amides is 1. The molecular formula is C35H40N4O2. The molecule has 0 spiro atoms. The third-order valence-corrected chi connectivity index (χ3v) is 8.82. The Bertz CT molecular complexity index is 1450. The van der Waals surface area contributed by atoms with Crippen LogP contribution in [0.15, 0.2) is 90.1 Å². The number of nitrogens with zero attached hydrogens (tertiary/aromatic N) is 4. The molecule has 2 aliphatic rings. The molecule has 6 rings (SSSR count). The van der Waals surface area contributed by atoms with Crippen LogP contribution in [0.5, 0.6) is 0 Å².